The zero-order valence-corrected chi connectivity index (χ0v) is 40.3. The van der Waals surface area contributed by atoms with E-state index in [2.05, 4.69) is 194 Å². The van der Waals surface area contributed by atoms with Crippen LogP contribution in [0.1, 0.15) is 175 Å². The molecule has 57 heavy (non-hydrogen) atoms. The first-order chi connectivity index (χ1) is 25.5. The molecule has 0 bridgehead atoms. The predicted octanol–water partition coefficient (Wildman–Crippen LogP) is 14.4. The maximum absolute atomic E-state index is 12.0. The van der Waals surface area contributed by atoms with Crippen molar-refractivity contribution >= 4 is 34.8 Å². The van der Waals surface area contributed by atoms with Crippen LogP contribution in [0.3, 0.4) is 0 Å². The Hall–Kier alpha value is -3.07. The molecule has 0 amide bonds. The van der Waals surface area contributed by atoms with Gasteiger partial charge in [-0.1, -0.05) is 149 Å². The molecule has 0 aliphatic carbocycles. The summed E-state index contributed by atoms with van der Waals surface area (Å²) >= 11 is 0. The summed E-state index contributed by atoms with van der Waals surface area (Å²) in [6.45, 7) is 46.9. The van der Waals surface area contributed by atoms with E-state index in [-0.39, 0.29) is 37.8 Å². The van der Waals surface area contributed by atoms with Crippen molar-refractivity contribution < 1.29 is 14.7 Å². The Morgan fingerprint density at radius 3 is 0.895 bits per heavy atom. The van der Waals surface area contributed by atoms with Gasteiger partial charge in [-0.15, -0.1) is 0 Å². The first kappa shape index (κ1) is 45.0. The minimum atomic E-state index is -4.66. The van der Waals surface area contributed by atoms with Gasteiger partial charge < -0.3 is 0 Å². The third kappa shape index (κ3) is 8.52. The first-order valence-electron chi connectivity index (χ1n) is 20.9. The molecule has 0 spiro atoms. The van der Waals surface area contributed by atoms with Crippen molar-refractivity contribution in [2.24, 2.45) is 0 Å². The van der Waals surface area contributed by atoms with E-state index in [0.717, 1.165) is 60.8 Å². The molecular weight excluding hydrogens is 716 g/mol. The summed E-state index contributed by atoms with van der Waals surface area (Å²) in [6.07, 6.45) is 0. The third-order valence-corrected chi connectivity index (χ3v) is 13.4. The molecule has 0 saturated carbocycles. The second-order valence-electron chi connectivity index (χ2n) is 23.3. The lowest BCUT2D eigenvalue weighted by atomic mass is 9.73. The van der Waals surface area contributed by atoms with Gasteiger partial charge in [0.05, 0.1) is 0 Å². The second kappa shape index (κ2) is 14.0. The lowest BCUT2D eigenvalue weighted by Crippen LogP contribution is -2.24. The molecule has 3 nitrogen and oxygen atoms in total. The monoisotopic (exact) mass is 790 g/mol. The Bertz CT molecular complexity index is 2230. The van der Waals surface area contributed by atoms with Gasteiger partial charge in [0, 0.05) is 11.1 Å². The Kier molecular flexibility index (Phi) is 11.1. The van der Waals surface area contributed by atoms with Crippen LogP contribution in [-0.4, -0.2) is 14.7 Å². The van der Waals surface area contributed by atoms with Crippen molar-refractivity contribution in [3.05, 3.63) is 98.6 Å². The van der Waals surface area contributed by atoms with Crippen molar-refractivity contribution in [1.29, 1.82) is 0 Å². The molecule has 5 aromatic rings. The van der Waals surface area contributed by atoms with Crippen molar-refractivity contribution in [2.75, 3.05) is 0 Å². The van der Waals surface area contributed by atoms with E-state index >= 15 is 0 Å². The largest absolute Gasteiger partial charge is 0.442 e. The highest BCUT2D eigenvalue weighted by Gasteiger charge is 2.45. The molecule has 0 atom stereocenters. The average Bonchev–Trinajstić information content (AvgIpc) is 3.01. The quantitative estimate of drug-likeness (QED) is 0.160. The molecule has 5 aromatic carbocycles. The average molecular weight is 790 g/mol. The lowest BCUT2D eigenvalue weighted by molar-refractivity contribution is 0.347. The van der Waals surface area contributed by atoms with Crippen LogP contribution >= 0.6 is 7.94 Å². The summed E-state index contributed by atoms with van der Waals surface area (Å²) in [5.41, 5.74) is 12.6. The van der Waals surface area contributed by atoms with Crippen molar-refractivity contribution in [2.45, 2.75) is 178 Å². The normalized spacial score (nSPS) is 14.0. The highest BCUT2D eigenvalue weighted by atomic mass is 31.2. The number of fused-ring (bicyclic) bond motifs is 2. The number of hydrogen-bond acceptors (Lipinski definition) is 3. The molecular formula is C53H74O3P+. The fourth-order valence-corrected chi connectivity index (χ4v) is 9.86. The molecule has 0 heterocycles. The maximum Gasteiger partial charge on any atom is 0.442 e. The summed E-state index contributed by atoms with van der Waals surface area (Å²) in [4.78, 5) is 35.9. The fourth-order valence-electron chi connectivity index (χ4n) is 8.68. The Morgan fingerprint density at radius 2 is 0.649 bits per heavy atom. The van der Waals surface area contributed by atoms with Gasteiger partial charge in [0.25, 0.3) is 0 Å². The van der Waals surface area contributed by atoms with Gasteiger partial charge in [0.2, 0.25) is 0 Å². The second-order valence-corrected chi connectivity index (χ2v) is 24.9. The zero-order valence-electron chi connectivity index (χ0n) is 39.4. The van der Waals surface area contributed by atoms with E-state index in [1.54, 1.807) is 0 Å². The summed E-state index contributed by atoms with van der Waals surface area (Å²) in [5, 5.41) is 4.89. The zero-order chi connectivity index (χ0) is 43.5. The van der Waals surface area contributed by atoms with Crippen LogP contribution in [0.2, 0.25) is 0 Å². The molecule has 5 rings (SSSR count). The smallest absolute Gasteiger partial charge is 0.189 e. The standard InChI is InChI=1S/C53H74O3P/c1-30-31(2)45(39-28-37-33(24-41(39)50(10,11)12)22-35(48(4,5)6)26-43(37)52(16,17)18)47(57(54,55)56)46(32(30)3)40-29-38-34(25-42(40)51(13,14)15)23-36(49(7,8)9)27-44(38)53(19,20)21/h22-29,54-56H,1-21H3/q+1. The first-order valence-corrected chi connectivity index (χ1v) is 22.6. The van der Waals surface area contributed by atoms with Crippen LogP contribution in [0.4, 0.5) is 0 Å². The molecule has 0 aliphatic rings. The van der Waals surface area contributed by atoms with E-state index in [0.29, 0.717) is 0 Å². The van der Waals surface area contributed by atoms with E-state index < -0.39 is 7.94 Å². The number of rotatable bonds is 3. The summed E-state index contributed by atoms with van der Waals surface area (Å²) in [6, 6.07) is 18.7. The van der Waals surface area contributed by atoms with Crippen LogP contribution in [0.5, 0.6) is 0 Å². The molecule has 0 aliphatic heterocycles. The molecule has 0 aromatic heterocycles. The third-order valence-electron chi connectivity index (χ3n) is 12.3. The van der Waals surface area contributed by atoms with Crippen molar-refractivity contribution in [3.8, 4) is 22.3 Å². The van der Waals surface area contributed by atoms with Gasteiger partial charge in [-0.25, -0.2) is 0 Å². The Morgan fingerprint density at radius 1 is 0.351 bits per heavy atom. The topological polar surface area (TPSA) is 60.7 Å². The van der Waals surface area contributed by atoms with E-state index in [1.165, 1.54) is 33.0 Å². The van der Waals surface area contributed by atoms with Crippen LogP contribution < -0.4 is 5.30 Å². The minimum absolute atomic E-state index is 0.0397. The molecule has 0 saturated heterocycles. The van der Waals surface area contributed by atoms with E-state index in [9.17, 15) is 14.7 Å². The van der Waals surface area contributed by atoms with Crippen LogP contribution in [-0.2, 0) is 32.5 Å². The highest BCUT2D eigenvalue weighted by molar-refractivity contribution is 7.67. The fraction of sp³-hybridized carbons (Fsp3) is 0.509. The Balaban J connectivity index is 2.10. The van der Waals surface area contributed by atoms with Crippen LogP contribution in [0, 0.1) is 20.8 Å². The molecule has 0 fully saturated rings. The van der Waals surface area contributed by atoms with E-state index in [4.69, 9.17) is 0 Å². The maximum atomic E-state index is 12.0. The van der Waals surface area contributed by atoms with Gasteiger partial charge >= 0.3 is 7.94 Å². The van der Waals surface area contributed by atoms with Gasteiger partial charge in [-0.05, 0) is 160 Å². The molecule has 0 radical (unpaired) electrons. The molecule has 0 unspecified atom stereocenters. The summed E-state index contributed by atoms with van der Waals surface area (Å²) in [5.74, 6) is 0. The number of benzene rings is 5. The minimum Gasteiger partial charge on any atom is -0.189 e. The van der Waals surface area contributed by atoms with Gasteiger partial charge in [-0.3, -0.25) is 0 Å². The molecule has 308 valence electrons. The molecule has 4 heteroatoms. The lowest BCUT2D eigenvalue weighted by Gasteiger charge is -2.32. The van der Waals surface area contributed by atoms with Crippen LogP contribution in [0.25, 0.3) is 43.8 Å². The van der Waals surface area contributed by atoms with Gasteiger partial charge in [0.1, 0.15) is 0 Å². The van der Waals surface area contributed by atoms with Gasteiger partial charge in [-0.2, -0.15) is 14.7 Å². The molecule has 3 N–H and O–H groups in total. The van der Waals surface area contributed by atoms with E-state index in [1.807, 2.05) is 0 Å². The van der Waals surface area contributed by atoms with Gasteiger partial charge in [0.15, 0.2) is 5.30 Å². The predicted molar refractivity (Wildman–Crippen MR) is 252 cm³/mol. The SMILES string of the molecule is Cc1c(C)c(-c2cc3c(C(C)(C)C)cc(C(C)(C)C)cc3cc2C(C)(C)C)c([P+](O)(O)O)c(-c2cc3c(C(C)(C)C)cc(C(C)(C)C)cc3cc2C(C)(C)C)c1C. The summed E-state index contributed by atoms with van der Waals surface area (Å²) in [7, 11) is -4.66. The number of hydrogen-bond donors (Lipinski definition) is 3. The van der Waals surface area contributed by atoms with Crippen LogP contribution in [0.15, 0.2) is 48.5 Å². The van der Waals surface area contributed by atoms with Crippen molar-refractivity contribution in [1.82, 2.24) is 0 Å². The Labute approximate surface area is 346 Å². The highest BCUT2D eigenvalue weighted by Crippen LogP contribution is 2.55. The summed E-state index contributed by atoms with van der Waals surface area (Å²) < 4.78 is 0. The van der Waals surface area contributed by atoms with Crippen molar-refractivity contribution in [3.63, 3.8) is 0 Å².